The minimum absolute atomic E-state index is 0.202. The molecule has 0 bridgehead atoms. The molecule has 0 saturated carbocycles. The largest absolute Gasteiger partial charge is 0.505 e. The molecule has 3 aromatic rings. The van der Waals surface area contributed by atoms with Crippen LogP contribution in [0.2, 0.25) is 0 Å². The molecule has 2 aromatic heterocycles. The molecule has 0 aliphatic heterocycles. The molecule has 2 N–H and O–H groups in total. The van der Waals surface area contributed by atoms with E-state index in [1.165, 1.54) is 17.0 Å². The number of halogens is 1. The van der Waals surface area contributed by atoms with Crippen molar-refractivity contribution >= 4 is 22.8 Å². The molecule has 7 heteroatoms. The minimum atomic E-state index is -1.09. The van der Waals surface area contributed by atoms with Crippen molar-refractivity contribution in [3.63, 3.8) is 0 Å². The van der Waals surface area contributed by atoms with Crippen LogP contribution in [-0.4, -0.2) is 31.6 Å². The first kappa shape index (κ1) is 15.7. The van der Waals surface area contributed by atoms with Crippen LogP contribution in [-0.2, 0) is 11.2 Å². The number of aromatic hydroxyl groups is 1. The van der Waals surface area contributed by atoms with Crippen molar-refractivity contribution in [2.45, 2.75) is 13.3 Å². The second-order valence-electron chi connectivity index (χ2n) is 5.34. The zero-order valence-electron chi connectivity index (χ0n) is 12.7. The molecule has 0 spiro atoms. The van der Waals surface area contributed by atoms with Crippen LogP contribution in [0.1, 0.15) is 21.6 Å². The van der Waals surface area contributed by atoms with E-state index in [1.807, 2.05) is 0 Å². The van der Waals surface area contributed by atoms with Crippen LogP contribution < -0.4 is 0 Å². The average molecular weight is 328 g/mol. The first-order valence-corrected chi connectivity index (χ1v) is 7.09. The molecular formula is C17H13FN2O4. The first-order valence-electron chi connectivity index (χ1n) is 7.09. The fraction of sp³-hybridized carbons (Fsp3) is 0.118. The molecule has 0 saturated heterocycles. The lowest BCUT2D eigenvalue weighted by Gasteiger charge is -2.07. The topological polar surface area (TPSA) is 92.4 Å². The van der Waals surface area contributed by atoms with E-state index in [-0.39, 0.29) is 17.5 Å². The fourth-order valence-electron chi connectivity index (χ4n) is 2.74. The Balaban J connectivity index is 2.31. The number of aliphatic carboxylic acids is 1. The normalized spacial score (nSPS) is 10.9. The van der Waals surface area contributed by atoms with Crippen LogP contribution in [0.5, 0.6) is 5.75 Å². The lowest BCUT2D eigenvalue weighted by atomic mass is 10.1. The summed E-state index contributed by atoms with van der Waals surface area (Å²) in [6.07, 6.45) is 2.55. The number of phenols is 1. The van der Waals surface area contributed by atoms with Crippen molar-refractivity contribution in [1.29, 1.82) is 0 Å². The number of carboxylic acid groups (broad SMARTS) is 1. The predicted molar refractivity (Wildman–Crippen MR) is 83.6 cm³/mol. The van der Waals surface area contributed by atoms with E-state index in [1.54, 1.807) is 19.1 Å². The van der Waals surface area contributed by atoms with Gasteiger partial charge >= 0.3 is 5.97 Å². The van der Waals surface area contributed by atoms with Gasteiger partial charge in [-0.25, -0.2) is 4.39 Å². The molecule has 0 fully saturated rings. The van der Waals surface area contributed by atoms with E-state index in [9.17, 15) is 19.1 Å². The quantitative estimate of drug-likeness (QED) is 0.770. The van der Waals surface area contributed by atoms with Crippen LogP contribution in [0.3, 0.4) is 0 Å². The Labute approximate surface area is 135 Å². The van der Waals surface area contributed by atoms with Gasteiger partial charge in [-0.2, -0.15) is 0 Å². The summed E-state index contributed by atoms with van der Waals surface area (Å²) in [7, 11) is 0. The van der Waals surface area contributed by atoms with Crippen molar-refractivity contribution < 1.29 is 24.2 Å². The van der Waals surface area contributed by atoms with E-state index in [0.717, 1.165) is 12.1 Å². The van der Waals surface area contributed by atoms with Crippen molar-refractivity contribution in [1.82, 2.24) is 9.55 Å². The van der Waals surface area contributed by atoms with Gasteiger partial charge in [0.25, 0.3) is 5.91 Å². The Bertz CT molecular complexity index is 964. The second-order valence-corrected chi connectivity index (χ2v) is 5.34. The zero-order valence-corrected chi connectivity index (χ0v) is 12.7. The number of rotatable bonds is 3. The maximum Gasteiger partial charge on any atom is 0.307 e. The van der Waals surface area contributed by atoms with Crippen LogP contribution in [0.25, 0.3) is 10.9 Å². The molecular weight excluding hydrogens is 315 g/mol. The number of carbonyl (C=O) groups is 2. The van der Waals surface area contributed by atoms with Gasteiger partial charge in [-0.15, -0.1) is 0 Å². The zero-order chi connectivity index (χ0) is 17.4. The highest BCUT2D eigenvalue weighted by molar-refractivity contribution is 6.04. The summed E-state index contributed by atoms with van der Waals surface area (Å²) in [5, 5.41) is 19.0. The number of hydrogen-bond donors (Lipinski definition) is 2. The number of hydrogen-bond acceptors (Lipinski definition) is 4. The summed E-state index contributed by atoms with van der Waals surface area (Å²) in [5.74, 6) is -3.02. The predicted octanol–water partition coefficient (Wildman–Crippen LogP) is 2.51. The third-order valence-electron chi connectivity index (χ3n) is 3.84. The molecule has 0 radical (unpaired) electrons. The van der Waals surface area contributed by atoms with E-state index in [0.29, 0.717) is 16.6 Å². The van der Waals surface area contributed by atoms with Gasteiger partial charge in [0.15, 0.2) is 11.6 Å². The van der Waals surface area contributed by atoms with Gasteiger partial charge in [-0.3, -0.25) is 19.1 Å². The van der Waals surface area contributed by atoms with Gasteiger partial charge in [0.1, 0.15) is 0 Å². The highest BCUT2D eigenvalue weighted by Gasteiger charge is 2.23. The van der Waals surface area contributed by atoms with Gasteiger partial charge in [-0.1, -0.05) is 0 Å². The highest BCUT2D eigenvalue weighted by atomic mass is 19.1. The first-order chi connectivity index (χ1) is 11.4. The number of carbonyl (C=O) groups excluding carboxylic acids is 1. The Hall–Kier alpha value is -3.22. The third-order valence-corrected chi connectivity index (χ3v) is 3.84. The molecule has 1 aromatic carbocycles. The number of fused-ring (bicyclic) bond motifs is 1. The van der Waals surface area contributed by atoms with Crippen molar-refractivity contribution in [3.8, 4) is 5.75 Å². The van der Waals surface area contributed by atoms with E-state index in [4.69, 9.17) is 5.11 Å². The summed E-state index contributed by atoms with van der Waals surface area (Å²) < 4.78 is 15.0. The summed E-state index contributed by atoms with van der Waals surface area (Å²) in [6, 6.07) is 5.33. The summed E-state index contributed by atoms with van der Waals surface area (Å²) in [5.41, 5.74) is 1.22. The van der Waals surface area contributed by atoms with Crippen LogP contribution >= 0.6 is 0 Å². The fourth-order valence-corrected chi connectivity index (χ4v) is 2.74. The highest BCUT2D eigenvalue weighted by Crippen LogP contribution is 2.32. The number of benzene rings is 1. The maximum atomic E-state index is 13.8. The monoisotopic (exact) mass is 328 g/mol. The van der Waals surface area contributed by atoms with E-state index >= 15 is 0 Å². The Morgan fingerprint density at radius 3 is 2.71 bits per heavy atom. The molecule has 6 nitrogen and oxygen atoms in total. The molecule has 122 valence electrons. The van der Waals surface area contributed by atoms with Gasteiger partial charge in [0, 0.05) is 29.5 Å². The molecule has 0 aliphatic carbocycles. The second kappa shape index (κ2) is 5.77. The number of carboxylic acids is 1. The summed E-state index contributed by atoms with van der Waals surface area (Å²) in [6.45, 7) is 1.58. The molecule has 0 unspecified atom stereocenters. The van der Waals surface area contributed by atoms with Crippen molar-refractivity contribution in [3.05, 3.63) is 59.3 Å². The van der Waals surface area contributed by atoms with Gasteiger partial charge in [0.05, 0.1) is 17.5 Å². The number of pyridine rings is 1. The third kappa shape index (κ3) is 2.50. The lowest BCUT2D eigenvalue weighted by Crippen LogP contribution is -2.14. The minimum Gasteiger partial charge on any atom is -0.505 e. The van der Waals surface area contributed by atoms with E-state index < -0.39 is 23.4 Å². The lowest BCUT2D eigenvalue weighted by molar-refractivity contribution is -0.136. The Morgan fingerprint density at radius 2 is 2.08 bits per heavy atom. The Kier molecular flexibility index (Phi) is 3.76. The summed E-state index contributed by atoms with van der Waals surface area (Å²) >= 11 is 0. The van der Waals surface area contributed by atoms with Crippen molar-refractivity contribution in [2.75, 3.05) is 0 Å². The van der Waals surface area contributed by atoms with Crippen LogP contribution in [0, 0.1) is 12.7 Å². The average Bonchev–Trinajstić information content (AvgIpc) is 2.80. The number of aromatic nitrogens is 2. The van der Waals surface area contributed by atoms with Gasteiger partial charge in [0.2, 0.25) is 0 Å². The molecule has 0 aliphatic rings. The van der Waals surface area contributed by atoms with E-state index in [2.05, 4.69) is 4.98 Å². The standard InChI is InChI=1S/C17H13FN2O4/c1-9-11(6-16(22)23)12-5-15(21)13(18)7-14(12)20(9)17(24)10-3-2-4-19-8-10/h2-5,7-8,21H,6H2,1H3,(H,22,23). The van der Waals surface area contributed by atoms with Crippen molar-refractivity contribution in [2.24, 2.45) is 0 Å². The SMILES string of the molecule is Cc1c(CC(=O)O)c2cc(O)c(F)cc2n1C(=O)c1cccnc1. The summed E-state index contributed by atoms with van der Waals surface area (Å²) in [4.78, 5) is 27.8. The van der Waals surface area contributed by atoms with Crippen LogP contribution in [0.4, 0.5) is 4.39 Å². The number of phenolic OH excluding ortho intramolecular Hbond substituents is 1. The van der Waals surface area contributed by atoms with Crippen LogP contribution in [0.15, 0.2) is 36.7 Å². The number of nitrogens with zero attached hydrogens (tertiary/aromatic N) is 2. The van der Waals surface area contributed by atoms with Gasteiger partial charge < -0.3 is 10.2 Å². The molecule has 3 rings (SSSR count). The van der Waals surface area contributed by atoms with Gasteiger partial charge in [-0.05, 0) is 30.7 Å². The molecule has 0 atom stereocenters. The Morgan fingerprint density at radius 1 is 1.33 bits per heavy atom. The maximum absolute atomic E-state index is 13.8. The molecule has 24 heavy (non-hydrogen) atoms. The molecule has 0 amide bonds. The smallest absolute Gasteiger partial charge is 0.307 e. The molecule has 2 heterocycles.